The summed E-state index contributed by atoms with van der Waals surface area (Å²) in [4.78, 5) is 52.7. The lowest BCUT2D eigenvalue weighted by Crippen LogP contribution is -2.33. The molecule has 2 N–H and O–H groups in total. The van der Waals surface area contributed by atoms with Gasteiger partial charge in [0.05, 0.1) is 25.0 Å². The Morgan fingerprint density at radius 3 is 2.51 bits per heavy atom. The number of fused-ring (bicyclic) bond motifs is 1. The van der Waals surface area contributed by atoms with Crippen LogP contribution in [0.1, 0.15) is 31.8 Å². The van der Waals surface area contributed by atoms with Gasteiger partial charge in [-0.1, -0.05) is 12.1 Å². The van der Waals surface area contributed by atoms with E-state index < -0.39 is 23.1 Å². The van der Waals surface area contributed by atoms with Gasteiger partial charge in [-0.15, -0.1) is 0 Å². The van der Waals surface area contributed by atoms with Gasteiger partial charge < -0.3 is 20.3 Å². The number of aromatic nitrogens is 4. The molecule has 0 unspecified atom stereocenters. The van der Waals surface area contributed by atoms with Crippen molar-refractivity contribution in [2.75, 3.05) is 32.6 Å². The molecule has 5 aromatic rings. The molecule has 0 aliphatic rings. The molecule has 0 atom stereocenters. The van der Waals surface area contributed by atoms with Crippen LogP contribution in [0.2, 0.25) is 0 Å². The lowest BCUT2D eigenvalue weighted by atomic mass is 10.1. The number of likely N-dealkylation sites (N-methyl/N-ethyl adjacent to an activating group) is 1. The van der Waals surface area contributed by atoms with Crippen LogP contribution >= 0.6 is 0 Å². The van der Waals surface area contributed by atoms with E-state index in [1.54, 1.807) is 61.7 Å². The van der Waals surface area contributed by atoms with Gasteiger partial charge in [-0.25, -0.2) is 23.7 Å². The van der Waals surface area contributed by atoms with Crippen LogP contribution in [0.5, 0.6) is 0 Å². The first-order chi connectivity index (χ1) is 21.7. The fourth-order valence-corrected chi connectivity index (χ4v) is 4.46. The van der Waals surface area contributed by atoms with Crippen molar-refractivity contribution < 1.29 is 23.1 Å². The molecule has 45 heavy (non-hydrogen) atoms. The Morgan fingerprint density at radius 1 is 0.978 bits per heavy atom. The van der Waals surface area contributed by atoms with Crippen molar-refractivity contribution >= 4 is 34.4 Å². The van der Waals surface area contributed by atoms with E-state index in [1.807, 2.05) is 6.07 Å². The number of carbonyl (C=O) groups excluding carboxylic acids is 2. The molecule has 13 heteroatoms. The summed E-state index contributed by atoms with van der Waals surface area (Å²) in [6, 6.07) is 15.7. The number of nitrogens with one attached hydrogen (secondary N) is 2. The summed E-state index contributed by atoms with van der Waals surface area (Å²) in [7, 11) is 3.31. The minimum atomic E-state index is -1.03. The van der Waals surface area contributed by atoms with E-state index >= 15 is 0 Å². The molecule has 230 valence electrons. The summed E-state index contributed by atoms with van der Waals surface area (Å²) >= 11 is 0. The average molecular weight is 614 g/mol. The maximum absolute atomic E-state index is 13.6. The Balaban J connectivity index is 1.20. The third kappa shape index (κ3) is 7.51. The topological polar surface area (TPSA) is 131 Å². The van der Waals surface area contributed by atoms with Gasteiger partial charge in [-0.3, -0.25) is 19.0 Å². The molecule has 0 saturated heterocycles. The lowest BCUT2D eigenvalue weighted by Gasteiger charge is -2.16. The SMILES string of the molecule is COCCN(C)C(=O)c1ccc(Nc2ncc3cc(CNC(=O)c4cncn(Cc5ccc(F)c(F)c5)c4=O)ccc3n2)cc1. The largest absolute Gasteiger partial charge is 0.383 e. The zero-order valence-electron chi connectivity index (χ0n) is 24.5. The molecule has 0 radical (unpaired) electrons. The number of hydrogen-bond acceptors (Lipinski definition) is 8. The molecule has 0 bridgehead atoms. The number of hydrogen-bond donors (Lipinski definition) is 2. The van der Waals surface area contributed by atoms with Crippen LogP contribution in [-0.4, -0.2) is 63.5 Å². The van der Waals surface area contributed by atoms with Gasteiger partial charge in [0, 0.05) is 56.3 Å². The van der Waals surface area contributed by atoms with Gasteiger partial charge >= 0.3 is 0 Å². The van der Waals surface area contributed by atoms with Crippen molar-refractivity contribution in [2.45, 2.75) is 13.1 Å². The monoisotopic (exact) mass is 613 g/mol. The maximum Gasteiger partial charge on any atom is 0.266 e. The van der Waals surface area contributed by atoms with Gasteiger partial charge in [0.25, 0.3) is 17.4 Å². The summed E-state index contributed by atoms with van der Waals surface area (Å²) in [5.74, 6) is -2.38. The second-order valence-electron chi connectivity index (χ2n) is 10.2. The Bertz CT molecular complexity index is 1920. The molecule has 2 heterocycles. The first-order valence-electron chi connectivity index (χ1n) is 13.9. The number of ether oxygens (including phenoxy) is 1. The van der Waals surface area contributed by atoms with E-state index in [0.29, 0.717) is 41.4 Å². The summed E-state index contributed by atoms with van der Waals surface area (Å²) in [5.41, 5.74) is 2.23. The molecule has 11 nitrogen and oxygen atoms in total. The summed E-state index contributed by atoms with van der Waals surface area (Å²) < 4.78 is 33.0. The van der Waals surface area contributed by atoms with Crippen molar-refractivity contribution in [3.05, 3.63) is 124 Å². The molecule has 5 rings (SSSR count). The van der Waals surface area contributed by atoms with E-state index in [0.717, 1.165) is 33.8 Å². The first-order valence-corrected chi connectivity index (χ1v) is 13.9. The van der Waals surface area contributed by atoms with E-state index in [-0.39, 0.29) is 24.6 Å². The normalized spacial score (nSPS) is 10.9. The lowest BCUT2D eigenvalue weighted by molar-refractivity contribution is 0.0744. The molecule has 0 saturated carbocycles. The number of benzene rings is 3. The smallest absolute Gasteiger partial charge is 0.266 e. The van der Waals surface area contributed by atoms with Crippen LogP contribution in [0.15, 0.2) is 84.2 Å². The summed E-state index contributed by atoms with van der Waals surface area (Å²) in [6.45, 7) is 0.989. The third-order valence-corrected chi connectivity index (χ3v) is 6.95. The number of nitrogens with zero attached hydrogens (tertiary/aromatic N) is 5. The Hall–Kier alpha value is -5.56. The van der Waals surface area contributed by atoms with Crippen LogP contribution in [0, 0.1) is 11.6 Å². The molecule has 2 amide bonds. The molecule has 0 fully saturated rings. The highest BCUT2D eigenvalue weighted by molar-refractivity contribution is 5.94. The number of carbonyl (C=O) groups is 2. The second kappa shape index (κ2) is 13.8. The summed E-state index contributed by atoms with van der Waals surface area (Å²) in [6.07, 6.45) is 4.04. The van der Waals surface area contributed by atoms with E-state index in [9.17, 15) is 23.2 Å². The van der Waals surface area contributed by atoms with Crippen molar-refractivity contribution in [2.24, 2.45) is 0 Å². The van der Waals surface area contributed by atoms with Crippen LogP contribution in [0.4, 0.5) is 20.4 Å². The first kappa shape index (κ1) is 30.9. The predicted molar refractivity (Wildman–Crippen MR) is 163 cm³/mol. The van der Waals surface area contributed by atoms with Crippen molar-refractivity contribution in [1.82, 2.24) is 29.7 Å². The zero-order chi connectivity index (χ0) is 31.9. The van der Waals surface area contributed by atoms with Gasteiger partial charge in [-0.05, 0) is 59.7 Å². The van der Waals surface area contributed by atoms with Crippen molar-refractivity contribution in [3.63, 3.8) is 0 Å². The van der Waals surface area contributed by atoms with Gasteiger partial charge in [0.1, 0.15) is 5.56 Å². The molecule has 0 aliphatic heterocycles. The van der Waals surface area contributed by atoms with E-state index in [2.05, 4.69) is 25.6 Å². The second-order valence-corrected chi connectivity index (χ2v) is 10.2. The van der Waals surface area contributed by atoms with Crippen molar-refractivity contribution in [3.8, 4) is 0 Å². The number of amides is 2. The Morgan fingerprint density at radius 2 is 1.76 bits per heavy atom. The molecule has 0 spiro atoms. The van der Waals surface area contributed by atoms with Gasteiger partial charge in [-0.2, -0.15) is 0 Å². The minimum Gasteiger partial charge on any atom is -0.383 e. The zero-order valence-corrected chi connectivity index (χ0v) is 24.5. The highest BCUT2D eigenvalue weighted by Crippen LogP contribution is 2.19. The van der Waals surface area contributed by atoms with Crippen LogP contribution in [0.25, 0.3) is 10.9 Å². The molecular weight excluding hydrogens is 584 g/mol. The highest BCUT2D eigenvalue weighted by Gasteiger charge is 2.15. The summed E-state index contributed by atoms with van der Waals surface area (Å²) in [5, 5.41) is 6.58. The standard InChI is InChI=1S/C32H29F2N7O4/c1-40(11-12-45-2)30(43)22-5-7-24(8-6-22)38-32-37-16-23-13-20(4-10-28(23)39-32)15-36-29(42)25-17-35-19-41(31(25)44)18-21-3-9-26(33)27(34)14-21/h3-10,13-14,16-17,19H,11-12,15,18H2,1-2H3,(H,36,42)(H,37,38,39). The average Bonchev–Trinajstić information content (AvgIpc) is 3.05. The number of rotatable bonds is 11. The third-order valence-electron chi connectivity index (χ3n) is 6.95. The van der Waals surface area contributed by atoms with Gasteiger partial charge in [0.2, 0.25) is 5.95 Å². The van der Waals surface area contributed by atoms with Crippen molar-refractivity contribution in [1.29, 1.82) is 0 Å². The Labute approximate surface area is 256 Å². The molecule has 2 aromatic heterocycles. The molecule has 0 aliphatic carbocycles. The fourth-order valence-electron chi connectivity index (χ4n) is 4.46. The van der Waals surface area contributed by atoms with E-state index in [1.165, 1.54) is 12.4 Å². The van der Waals surface area contributed by atoms with Gasteiger partial charge in [0.15, 0.2) is 11.6 Å². The quantitative estimate of drug-likeness (QED) is 0.229. The van der Waals surface area contributed by atoms with Crippen LogP contribution < -0.4 is 16.2 Å². The number of methoxy groups -OCH3 is 1. The minimum absolute atomic E-state index is 0.0798. The van der Waals surface area contributed by atoms with Crippen LogP contribution in [-0.2, 0) is 17.8 Å². The number of anilines is 2. The van der Waals surface area contributed by atoms with Crippen LogP contribution in [0.3, 0.4) is 0 Å². The highest BCUT2D eigenvalue weighted by atomic mass is 19.2. The molecular formula is C32H29F2N7O4. The number of halogens is 2. The predicted octanol–water partition coefficient (Wildman–Crippen LogP) is 3.91. The van der Waals surface area contributed by atoms with E-state index in [4.69, 9.17) is 4.74 Å². The Kier molecular flexibility index (Phi) is 9.49. The fraction of sp³-hybridized carbons (Fsp3) is 0.188. The maximum atomic E-state index is 13.6. The molecule has 3 aromatic carbocycles.